The molecule has 2 aromatic carbocycles. The van der Waals surface area contributed by atoms with E-state index in [0.29, 0.717) is 32.7 Å². The van der Waals surface area contributed by atoms with Crippen molar-refractivity contribution < 1.29 is 23.9 Å². The molecule has 7 nitrogen and oxygen atoms in total. The molecule has 0 aromatic heterocycles. The largest absolute Gasteiger partial charge is 0.454 e. The lowest BCUT2D eigenvalue weighted by Gasteiger charge is -2.14. The van der Waals surface area contributed by atoms with Crippen molar-refractivity contribution in [1.29, 1.82) is 0 Å². The molecule has 2 heterocycles. The molecule has 3 amide bonds. The second-order valence-corrected chi connectivity index (χ2v) is 7.77. The van der Waals surface area contributed by atoms with Crippen LogP contribution in [0.4, 0.5) is 10.5 Å². The summed E-state index contributed by atoms with van der Waals surface area (Å²) in [7, 11) is 0. The monoisotopic (exact) mass is 430 g/mol. The number of nitrogens with zero attached hydrogens (tertiary/aromatic N) is 1. The number of amides is 3. The molecule has 2 aliphatic rings. The molecule has 4 rings (SSSR count). The van der Waals surface area contributed by atoms with Crippen LogP contribution in [-0.4, -0.2) is 28.7 Å². The maximum absolute atomic E-state index is 12.7. The summed E-state index contributed by atoms with van der Waals surface area (Å²) in [5.41, 5.74) is 1.99. The van der Waals surface area contributed by atoms with Gasteiger partial charge in [-0.05, 0) is 47.2 Å². The van der Waals surface area contributed by atoms with Gasteiger partial charge in [-0.3, -0.25) is 19.3 Å². The van der Waals surface area contributed by atoms with Crippen LogP contribution < -0.4 is 14.8 Å². The summed E-state index contributed by atoms with van der Waals surface area (Å²) >= 11 is 7.13. The number of hydrogen-bond acceptors (Lipinski definition) is 6. The van der Waals surface area contributed by atoms with Gasteiger partial charge in [0.05, 0.1) is 11.4 Å². The van der Waals surface area contributed by atoms with Crippen LogP contribution in [0.3, 0.4) is 0 Å². The van der Waals surface area contributed by atoms with E-state index in [0.717, 1.165) is 22.2 Å². The van der Waals surface area contributed by atoms with Gasteiger partial charge in [0.1, 0.15) is 0 Å². The maximum atomic E-state index is 12.7. The van der Waals surface area contributed by atoms with Gasteiger partial charge in [0.2, 0.25) is 12.7 Å². The van der Waals surface area contributed by atoms with Gasteiger partial charge in [-0.25, -0.2) is 0 Å². The first-order valence-electron chi connectivity index (χ1n) is 8.62. The van der Waals surface area contributed by atoms with Crippen LogP contribution in [0.5, 0.6) is 11.5 Å². The first-order chi connectivity index (χ1) is 13.9. The first-order valence-corrected chi connectivity index (χ1v) is 9.81. The summed E-state index contributed by atoms with van der Waals surface area (Å²) in [5, 5.41) is 2.70. The third-order valence-electron chi connectivity index (χ3n) is 4.27. The number of imide groups is 1. The van der Waals surface area contributed by atoms with Gasteiger partial charge in [-0.1, -0.05) is 23.7 Å². The van der Waals surface area contributed by atoms with Gasteiger partial charge in [-0.15, -0.1) is 0 Å². The van der Waals surface area contributed by atoms with Crippen molar-refractivity contribution in [3.05, 3.63) is 57.5 Å². The van der Waals surface area contributed by atoms with Gasteiger partial charge in [0, 0.05) is 23.7 Å². The predicted octanol–water partition coefficient (Wildman–Crippen LogP) is 4.26. The third-order valence-corrected chi connectivity index (χ3v) is 5.53. The number of anilines is 1. The van der Waals surface area contributed by atoms with Gasteiger partial charge in [0.25, 0.3) is 11.1 Å². The number of benzene rings is 2. The summed E-state index contributed by atoms with van der Waals surface area (Å²) in [4.78, 5) is 37.7. The second kappa shape index (κ2) is 7.81. The number of thioether (sulfide) groups is 1. The van der Waals surface area contributed by atoms with E-state index in [1.807, 2.05) is 0 Å². The zero-order valence-electron chi connectivity index (χ0n) is 15.2. The standard InChI is InChI=1S/C20H15ClN2O5S/c1-11(24)22-14-4-2-12(3-5-14)6-18-19(25)23(20(26)29-18)9-13-7-16-17(8-15(13)21)28-10-27-16/h2-8H,9-10H2,1H3,(H,22,24). The zero-order chi connectivity index (χ0) is 20.5. The fourth-order valence-electron chi connectivity index (χ4n) is 2.90. The molecule has 29 heavy (non-hydrogen) atoms. The molecule has 0 spiro atoms. The zero-order valence-corrected chi connectivity index (χ0v) is 16.8. The molecule has 0 atom stereocenters. The van der Waals surface area contributed by atoms with Crippen LogP contribution in [-0.2, 0) is 16.1 Å². The van der Waals surface area contributed by atoms with E-state index in [1.165, 1.54) is 6.92 Å². The number of ether oxygens (including phenoxy) is 2. The van der Waals surface area contributed by atoms with Crippen molar-refractivity contribution in [2.75, 3.05) is 12.1 Å². The Bertz CT molecular complexity index is 1050. The van der Waals surface area contributed by atoms with Gasteiger partial charge < -0.3 is 14.8 Å². The number of nitrogens with one attached hydrogen (secondary N) is 1. The Labute approximate surface area is 175 Å². The van der Waals surface area contributed by atoms with Crippen molar-refractivity contribution >= 4 is 52.2 Å². The molecule has 9 heteroatoms. The highest BCUT2D eigenvalue weighted by Gasteiger charge is 2.35. The minimum atomic E-state index is -0.389. The average Bonchev–Trinajstić information content (AvgIpc) is 3.22. The molecule has 2 aliphatic heterocycles. The number of fused-ring (bicyclic) bond motifs is 1. The number of halogens is 1. The molecule has 2 aromatic rings. The quantitative estimate of drug-likeness (QED) is 0.729. The normalized spacial score (nSPS) is 16.6. The van der Waals surface area contributed by atoms with E-state index in [4.69, 9.17) is 21.1 Å². The summed E-state index contributed by atoms with van der Waals surface area (Å²) in [6.45, 7) is 1.58. The minimum Gasteiger partial charge on any atom is -0.454 e. The summed E-state index contributed by atoms with van der Waals surface area (Å²) in [6, 6.07) is 10.3. The van der Waals surface area contributed by atoms with Crippen LogP contribution in [0.15, 0.2) is 41.3 Å². The molecular weight excluding hydrogens is 416 g/mol. The second-order valence-electron chi connectivity index (χ2n) is 6.37. The third kappa shape index (κ3) is 4.08. The number of hydrogen-bond donors (Lipinski definition) is 1. The highest BCUT2D eigenvalue weighted by Crippen LogP contribution is 2.39. The van der Waals surface area contributed by atoms with Crippen LogP contribution in [0, 0.1) is 0 Å². The molecule has 0 radical (unpaired) electrons. The molecule has 1 N–H and O–H groups in total. The lowest BCUT2D eigenvalue weighted by atomic mass is 10.1. The van der Waals surface area contributed by atoms with Crippen molar-refractivity contribution in [2.24, 2.45) is 0 Å². The van der Waals surface area contributed by atoms with Gasteiger partial charge in [-0.2, -0.15) is 0 Å². The Balaban J connectivity index is 1.52. The molecule has 0 unspecified atom stereocenters. The fourth-order valence-corrected chi connectivity index (χ4v) is 3.96. The van der Waals surface area contributed by atoms with Crippen molar-refractivity contribution in [1.82, 2.24) is 4.90 Å². The Morgan fingerprint density at radius 3 is 2.59 bits per heavy atom. The van der Waals surface area contributed by atoms with Crippen LogP contribution in [0.25, 0.3) is 6.08 Å². The summed E-state index contributed by atoms with van der Waals surface area (Å²) in [6.07, 6.45) is 1.64. The Morgan fingerprint density at radius 1 is 1.21 bits per heavy atom. The summed E-state index contributed by atoms with van der Waals surface area (Å²) in [5.74, 6) is 0.516. The van der Waals surface area contributed by atoms with E-state index in [-0.39, 0.29) is 30.4 Å². The lowest BCUT2D eigenvalue weighted by Crippen LogP contribution is -2.27. The molecule has 148 valence electrons. The smallest absolute Gasteiger partial charge is 0.293 e. The number of rotatable bonds is 4. The Hall–Kier alpha value is -2.97. The first kappa shape index (κ1) is 19.4. The highest BCUT2D eigenvalue weighted by atomic mass is 35.5. The molecule has 1 fully saturated rings. The summed E-state index contributed by atoms with van der Waals surface area (Å²) < 4.78 is 10.6. The van der Waals surface area contributed by atoms with Crippen molar-refractivity contribution in [3.63, 3.8) is 0 Å². The van der Waals surface area contributed by atoms with Gasteiger partial charge in [0.15, 0.2) is 11.5 Å². The fraction of sp³-hybridized carbons (Fsp3) is 0.150. The molecule has 0 bridgehead atoms. The Morgan fingerprint density at radius 2 is 1.90 bits per heavy atom. The van der Waals surface area contributed by atoms with E-state index in [2.05, 4.69) is 5.32 Å². The van der Waals surface area contributed by atoms with E-state index in [9.17, 15) is 14.4 Å². The minimum absolute atomic E-state index is 0.0406. The van der Waals surface area contributed by atoms with Crippen LogP contribution >= 0.6 is 23.4 Å². The predicted molar refractivity (Wildman–Crippen MR) is 110 cm³/mol. The van der Waals surface area contributed by atoms with Crippen LogP contribution in [0.2, 0.25) is 5.02 Å². The van der Waals surface area contributed by atoms with Crippen LogP contribution in [0.1, 0.15) is 18.1 Å². The van der Waals surface area contributed by atoms with E-state index in [1.54, 1.807) is 42.5 Å². The molecule has 0 aliphatic carbocycles. The number of carbonyl (C=O) groups is 3. The van der Waals surface area contributed by atoms with E-state index < -0.39 is 0 Å². The molecule has 0 saturated carbocycles. The van der Waals surface area contributed by atoms with Gasteiger partial charge >= 0.3 is 0 Å². The molecular formula is C20H15ClN2O5S. The maximum Gasteiger partial charge on any atom is 0.293 e. The highest BCUT2D eigenvalue weighted by molar-refractivity contribution is 8.18. The number of carbonyl (C=O) groups excluding carboxylic acids is 3. The topological polar surface area (TPSA) is 84.9 Å². The van der Waals surface area contributed by atoms with Crippen molar-refractivity contribution in [3.8, 4) is 11.5 Å². The lowest BCUT2D eigenvalue weighted by molar-refractivity contribution is -0.123. The van der Waals surface area contributed by atoms with E-state index >= 15 is 0 Å². The van der Waals surface area contributed by atoms with Crippen molar-refractivity contribution in [2.45, 2.75) is 13.5 Å². The Kier molecular flexibility index (Phi) is 5.21. The molecule has 1 saturated heterocycles. The average molecular weight is 431 g/mol. The SMILES string of the molecule is CC(=O)Nc1ccc(C=C2SC(=O)N(Cc3cc4c(cc3Cl)OCO4)C2=O)cc1.